The zero-order valence-electron chi connectivity index (χ0n) is 12.9. The van der Waals surface area contributed by atoms with Gasteiger partial charge in [0.2, 0.25) is 0 Å². The number of carbonyl (C=O) groups excluding carboxylic acids is 1. The number of aromatic nitrogens is 1. The summed E-state index contributed by atoms with van der Waals surface area (Å²) in [5, 5.41) is 5.83. The van der Waals surface area contributed by atoms with Crippen LogP contribution in [0.25, 0.3) is 0 Å². The van der Waals surface area contributed by atoms with Gasteiger partial charge in [0.15, 0.2) is 5.13 Å². The van der Waals surface area contributed by atoms with E-state index in [0.717, 1.165) is 37.0 Å². The van der Waals surface area contributed by atoms with E-state index in [1.54, 1.807) is 0 Å². The van der Waals surface area contributed by atoms with Crippen LogP contribution in [0, 0.1) is 6.92 Å². The smallest absolute Gasteiger partial charge is 0.273 e. The lowest BCUT2D eigenvalue weighted by Crippen LogP contribution is -2.47. The predicted octanol–water partition coefficient (Wildman–Crippen LogP) is 2.58. The molecule has 1 amide bonds. The molecule has 0 radical (unpaired) electrons. The van der Waals surface area contributed by atoms with Crippen LogP contribution in [0.2, 0.25) is 0 Å². The molecule has 3 rings (SSSR count). The molecule has 1 aliphatic rings. The van der Waals surface area contributed by atoms with Crippen LogP contribution in [-0.4, -0.2) is 53.9 Å². The quantitative estimate of drug-likeness (QED) is 0.945. The van der Waals surface area contributed by atoms with Crippen molar-refractivity contribution in [2.75, 3.05) is 38.5 Å². The number of nitrogens with one attached hydrogen (secondary N) is 1. The van der Waals surface area contributed by atoms with E-state index >= 15 is 0 Å². The van der Waals surface area contributed by atoms with Crippen molar-refractivity contribution in [1.29, 1.82) is 0 Å². The molecule has 2 aromatic rings. The van der Waals surface area contributed by atoms with E-state index in [1.165, 1.54) is 16.9 Å². The van der Waals surface area contributed by atoms with E-state index in [1.807, 2.05) is 34.5 Å². The number of thiazole rings is 1. The van der Waals surface area contributed by atoms with Gasteiger partial charge in [-0.2, -0.15) is 0 Å². The van der Waals surface area contributed by atoms with Gasteiger partial charge in [0.25, 0.3) is 5.91 Å². The third-order valence-electron chi connectivity index (χ3n) is 3.82. The van der Waals surface area contributed by atoms with E-state index in [2.05, 4.69) is 29.2 Å². The van der Waals surface area contributed by atoms with Crippen molar-refractivity contribution in [2.45, 2.75) is 6.92 Å². The topological polar surface area (TPSA) is 48.5 Å². The largest absolute Gasteiger partial charge is 0.335 e. The fourth-order valence-electron chi connectivity index (χ4n) is 2.36. The number of benzene rings is 1. The second kappa shape index (κ2) is 6.46. The van der Waals surface area contributed by atoms with E-state index < -0.39 is 0 Å². The van der Waals surface area contributed by atoms with Crippen molar-refractivity contribution in [3.63, 3.8) is 0 Å². The normalized spacial score (nSPS) is 15.8. The highest BCUT2D eigenvalue weighted by Crippen LogP contribution is 2.22. The zero-order chi connectivity index (χ0) is 15.5. The third kappa shape index (κ3) is 3.45. The van der Waals surface area contributed by atoms with E-state index in [-0.39, 0.29) is 5.91 Å². The lowest BCUT2D eigenvalue weighted by molar-refractivity contribution is 0.0659. The molecule has 22 heavy (non-hydrogen) atoms. The van der Waals surface area contributed by atoms with Gasteiger partial charge in [0, 0.05) is 37.2 Å². The maximum Gasteiger partial charge on any atom is 0.273 e. The molecule has 1 aliphatic heterocycles. The van der Waals surface area contributed by atoms with Crippen LogP contribution >= 0.6 is 11.3 Å². The van der Waals surface area contributed by atoms with Crippen LogP contribution in [-0.2, 0) is 0 Å². The summed E-state index contributed by atoms with van der Waals surface area (Å²) < 4.78 is 0. The van der Waals surface area contributed by atoms with Crippen molar-refractivity contribution >= 4 is 28.1 Å². The Morgan fingerprint density at radius 3 is 2.55 bits per heavy atom. The average molecular weight is 316 g/mol. The van der Waals surface area contributed by atoms with Gasteiger partial charge in [-0.1, -0.05) is 17.7 Å². The van der Waals surface area contributed by atoms with Gasteiger partial charge in [-0.25, -0.2) is 4.98 Å². The monoisotopic (exact) mass is 316 g/mol. The van der Waals surface area contributed by atoms with Gasteiger partial charge in [-0.15, -0.1) is 11.3 Å². The van der Waals surface area contributed by atoms with Crippen LogP contribution < -0.4 is 5.32 Å². The Bertz CT molecular complexity index is 644. The number of anilines is 2. The minimum absolute atomic E-state index is 0.0290. The number of nitrogens with zero attached hydrogens (tertiary/aromatic N) is 3. The molecule has 116 valence electrons. The summed E-state index contributed by atoms with van der Waals surface area (Å²) in [4.78, 5) is 21.0. The highest BCUT2D eigenvalue weighted by Gasteiger charge is 2.22. The lowest BCUT2D eigenvalue weighted by atomic mass is 10.2. The van der Waals surface area contributed by atoms with Gasteiger partial charge in [-0.3, -0.25) is 4.79 Å². The molecule has 1 aromatic heterocycles. The Morgan fingerprint density at radius 2 is 1.86 bits per heavy atom. The second-order valence-electron chi connectivity index (χ2n) is 5.62. The second-order valence-corrected chi connectivity index (χ2v) is 6.48. The minimum atomic E-state index is 0.0290. The molecule has 0 unspecified atom stereocenters. The van der Waals surface area contributed by atoms with Crippen molar-refractivity contribution in [3.8, 4) is 0 Å². The molecule has 1 N–H and O–H groups in total. The number of amides is 1. The average Bonchev–Trinajstić information content (AvgIpc) is 2.98. The van der Waals surface area contributed by atoms with Gasteiger partial charge >= 0.3 is 0 Å². The molecule has 2 heterocycles. The molecule has 0 spiro atoms. The van der Waals surface area contributed by atoms with Gasteiger partial charge < -0.3 is 15.1 Å². The summed E-state index contributed by atoms with van der Waals surface area (Å²) in [6, 6.07) is 8.12. The maximum atomic E-state index is 12.4. The summed E-state index contributed by atoms with van der Waals surface area (Å²) in [5.74, 6) is 0.0290. The summed E-state index contributed by atoms with van der Waals surface area (Å²) in [5.41, 5.74) is 2.73. The molecule has 5 nitrogen and oxygen atoms in total. The first-order valence-electron chi connectivity index (χ1n) is 7.39. The fraction of sp³-hybridized carbons (Fsp3) is 0.375. The molecule has 0 bridgehead atoms. The molecule has 0 aliphatic carbocycles. The zero-order valence-corrected chi connectivity index (χ0v) is 13.7. The molecule has 6 heteroatoms. The maximum absolute atomic E-state index is 12.4. The summed E-state index contributed by atoms with van der Waals surface area (Å²) >= 11 is 1.46. The molecule has 0 saturated carbocycles. The predicted molar refractivity (Wildman–Crippen MR) is 90.0 cm³/mol. The number of piperazine rings is 1. The van der Waals surface area contributed by atoms with E-state index in [9.17, 15) is 4.79 Å². The van der Waals surface area contributed by atoms with Crippen LogP contribution in [0.1, 0.15) is 16.1 Å². The first kappa shape index (κ1) is 15.0. The molecule has 1 fully saturated rings. The molecule has 1 aromatic carbocycles. The third-order valence-corrected chi connectivity index (χ3v) is 4.57. The Kier molecular flexibility index (Phi) is 4.40. The van der Waals surface area contributed by atoms with E-state index in [0.29, 0.717) is 5.69 Å². The first-order valence-corrected chi connectivity index (χ1v) is 8.27. The van der Waals surface area contributed by atoms with E-state index in [4.69, 9.17) is 0 Å². The Labute approximate surface area is 134 Å². The fourth-order valence-corrected chi connectivity index (χ4v) is 3.07. The summed E-state index contributed by atoms with van der Waals surface area (Å²) in [6.07, 6.45) is 0. The lowest BCUT2D eigenvalue weighted by Gasteiger charge is -2.31. The van der Waals surface area contributed by atoms with Crippen molar-refractivity contribution < 1.29 is 4.79 Å². The Balaban J connectivity index is 1.65. The minimum Gasteiger partial charge on any atom is -0.335 e. The van der Waals surface area contributed by atoms with Crippen molar-refractivity contribution in [3.05, 3.63) is 40.9 Å². The SMILES string of the molecule is Cc1ccc(Nc2nc(C(=O)N3CCN(C)CC3)cs2)cc1. The van der Waals surface area contributed by atoms with Crippen molar-refractivity contribution in [1.82, 2.24) is 14.8 Å². The standard InChI is InChI=1S/C16H20N4OS/c1-12-3-5-13(6-4-12)17-16-18-14(11-22-16)15(21)20-9-7-19(2)8-10-20/h3-6,11H,7-10H2,1-2H3,(H,17,18). The van der Waals surface area contributed by atoms with Gasteiger partial charge in [-0.05, 0) is 26.1 Å². The number of rotatable bonds is 3. The molecular formula is C16H20N4OS. The van der Waals surface area contributed by atoms with Crippen molar-refractivity contribution in [2.24, 2.45) is 0 Å². The molecule has 1 saturated heterocycles. The molecule has 0 atom stereocenters. The van der Waals surface area contributed by atoms with Crippen LogP contribution in [0.15, 0.2) is 29.6 Å². The Hall–Kier alpha value is -1.92. The summed E-state index contributed by atoms with van der Waals surface area (Å²) in [7, 11) is 2.08. The van der Waals surface area contributed by atoms with Crippen LogP contribution in [0.3, 0.4) is 0 Å². The number of likely N-dealkylation sites (N-methyl/N-ethyl adjacent to an activating group) is 1. The highest BCUT2D eigenvalue weighted by atomic mass is 32.1. The number of hydrogen-bond acceptors (Lipinski definition) is 5. The van der Waals surface area contributed by atoms with Gasteiger partial charge in [0.1, 0.15) is 5.69 Å². The number of hydrogen-bond donors (Lipinski definition) is 1. The molecular weight excluding hydrogens is 296 g/mol. The highest BCUT2D eigenvalue weighted by molar-refractivity contribution is 7.14. The summed E-state index contributed by atoms with van der Waals surface area (Å²) in [6.45, 7) is 5.44. The number of carbonyl (C=O) groups is 1. The van der Waals surface area contributed by atoms with Crippen LogP contribution in [0.4, 0.5) is 10.8 Å². The first-order chi connectivity index (χ1) is 10.6. The number of aryl methyl sites for hydroxylation is 1. The van der Waals surface area contributed by atoms with Gasteiger partial charge in [0.05, 0.1) is 0 Å². The Morgan fingerprint density at radius 1 is 1.18 bits per heavy atom. The van der Waals surface area contributed by atoms with Crippen LogP contribution in [0.5, 0.6) is 0 Å².